The Balaban J connectivity index is 1.64. The Labute approximate surface area is 129 Å². The van der Waals surface area contributed by atoms with Crippen molar-refractivity contribution in [3.63, 3.8) is 0 Å². The van der Waals surface area contributed by atoms with Crippen molar-refractivity contribution < 1.29 is 4.79 Å². The van der Waals surface area contributed by atoms with Gasteiger partial charge in [0.2, 0.25) is 5.91 Å². The number of hydrogen-bond acceptors (Lipinski definition) is 1. The molecule has 0 spiro atoms. The Kier molecular flexibility index (Phi) is 3.01. The Morgan fingerprint density at radius 3 is 2.52 bits per heavy atom. The molecule has 1 saturated heterocycles. The second kappa shape index (κ2) is 4.49. The fraction of sp³-hybridized carbons (Fsp3) is 0.947. The van der Waals surface area contributed by atoms with E-state index in [2.05, 4.69) is 26.1 Å². The molecule has 0 radical (unpaired) electrons. The van der Waals surface area contributed by atoms with E-state index >= 15 is 0 Å². The van der Waals surface area contributed by atoms with Crippen molar-refractivity contribution in [2.24, 2.45) is 34.5 Å². The zero-order valence-electron chi connectivity index (χ0n) is 14.0. The van der Waals surface area contributed by atoms with Crippen molar-refractivity contribution >= 4 is 5.91 Å². The van der Waals surface area contributed by atoms with E-state index in [1.54, 1.807) is 0 Å². The molecular weight excluding hydrogens is 258 g/mol. The Morgan fingerprint density at radius 2 is 1.71 bits per heavy atom. The zero-order valence-corrected chi connectivity index (χ0v) is 14.0. The number of carbonyl (C=O) groups is 1. The summed E-state index contributed by atoms with van der Waals surface area (Å²) in [6.45, 7) is 7.58. The molecule has 7 atom stereocenters. The molecule has 0 aromatic heterocycles. The van der Waals surface area contributed by atoms with Crippen LogP contribution >= 0.6 is 0 Å². The van der Waals surface area contributed by atoms with E-state index in [1.165, 1.54) is 38.5 Å². The summed E-state index contributed by atoms with van der Waals surface area (Å²) in [5.41, 5.74) is 0.992. The van der Waals surface area contributed by atoms with Crippen LogP contribution in [0.15, 0.2) is 0 Å². The lowest BCUT2D eigenvalue weighted by molar-refractivity contribution is -0.136. The summed E-state index contributed by atoms with van der Waals surface area (Å²) < 4.78 is 0. The molecule has 2 heteroatoms. The summed E-state index contributed by atoms with van der Waals surface area (Å²) in [6, 6.07) is 0.461. The van der Waals surface area contributed by atoms with Gasteiger partial charge >= 0.3 is 0 Å². The van der Waals surface area contributed by atoms with Crippen molar-refractivity contribution in [1.82, 2.24) is 5.32 Å². The van der Waals surface area contributed by atoms with Crippen LogP contribution in [-0.4, -0.2) is 11.9 Å². The molecule has 0 aromatic rings. The van der Waals surface area contributed by atoms with E-state index in [0.29, 0.717) is 22.8 Å². The minimum atomic E-state index is 0.297. The SMILES string of the molecule is CC1CCC2C3CCC4NC(=O)CCC4(C)C3CCC12C. The predicted molar refractivity (Wildman–Crippen MR) is 84.7 cm³/mol. The van der Waals surface area contributed by atoms with E-state index in [-0.39, 0.29) is 0 Å². The number of carbonyl (C=O) groups excluding carboxylic acids is 1. The summed E-state index contributed by atoms with van der Waals surface area (Å²) in [6.07, 6.45) is 10.2. The maximum absolute atomic E-state index is 11.8. The van der Waals surface area contributed by atoms with E-state index in [9.17, 15) is 4.79 Å². The number of nitrogens with one attached hydrogen (secondary N) is 1. The first-order chi connectivity index (χ1) is 9.95. The Hall–Kier alpha value is -0.530. The van der Waals surface area contributed by atoms with Crippen molar-refractivity contribution in [3.05, 3.63) is 0 Å². The molecule has 4 aliphatic rings. The number of rotatable bonds is 0. The highest BCUT2D eigenvalue weighted by molar-refractivity contribution is 5.77. The minimum absolute atomic E-state index is 0.297. The lowest BCUT2D eigenvalue weighted by atomic mass is 9.47. The van der Waals surface area contributed by atoms with Gasteiger partial charge in [-0.25, -0.2) is 0 Å². The largest absolute Gasteiger partial charge is 0.353 e. The van der Waals surface area contributed by atoms with E-state index in [4.69, 9.17) is 0 Å². The van der Waals surface area contributed by atoms with Gasteiger partial charge in [-0.3, -0.25) is 4.79 Å². The van der Waals surface area contributed by atoms with Crippen LogP contribution in [0.5, 0.6) is 0 Å². The third kappa shape index (κ3) is 1.80. The first kappa shape index (κ1) is 14.1. The molecule has 4 fully saturated rings. The van der Waals surface area contributed by atoms with E-state index in [1.807, 2.05) is 0 Å². The van der Waals surface area contributed by atoms with Crippen molar-refractivity contribution in [2.45, 2.75) is 78.2 Å². The van der Waals surface area contributed by atoms with Gasteiger partial charge < -0.3 is 5.32 Å². The number of fused-ring (bicyclic) bond motifs is 5. The van der Waals surface area contributed by atoms with Crippen LogP contribution < -0.4 is 5.32 Å². The molecule has 7 unspecified atom stereocenters. The molecule has 1 aliphatic heterocycles. The zero-order chi connectivity index (χ0) is 14.8. The average molecular weight is 289 g/mol. The summed E-state index contributed by atoms with van der Waals surface area (Å²) in [5, 5.41) is 3.33. The molecule has 3 aliphatic carbocycles. The highest BCUT2D eigenvalue weighted by atomic mass is 16.1. The van der Waals surface area contributed by atoms with Crippen LogP contribution in [0.1, 0.15) is 72.1 Å². The molecule has 3 saturated carbocycles. The van der Waals surface area contributed by atoms with Crippen LogP contribution in [0.2, 0.25) is 0 Å². The van der Waals surface area contributed by atoms with E-state index in [0.717, 1.165) is 36.5 Å². The molecule has 118 valence electrons. The standard InChI is InChI=1S/C19H31NO/c1-12-4-6-14-13-5-7-16-19(3,11-9-17(21)20-16)15(13)8-10-18(12,14)2/h12-16H,4-11H2,1-3H3,(H,20,21). The number of amides is 1. The van der Waals surface area contributed by atoms with Gasteiger partial charge in [-0.05, 0) is 79.4 Å². The number of hydrogen-bond donors (Lipinski definition) is 1. The smallest absolute Gasteiger partial charge is 0.220 e. The highest BCUT2D eigenvalue weighted by Gasteiger charge is 2.59. The van der Waals surface area contributed by atoms with Gasteiger partial charge in [0.15, 0.2) is 0 Å². The third-order valence-corrected chi connectivity index (χ3v) is 8.57. The van der Waals surface area contributed by atoms with Crippen molar-refractivity contribution in [1.29, 1.82) is 0 Å². The van der Waals surface area contributed by atoms with Gasteiger partial charge in [0.05, 0.1) is 0 Å². The van der Waals surface area contributed by atoms with Gasteiger partial charge in [-0.1, -0.05) is 20.8 Å². The molecule has 0 bridgehead atoms. The highest BCUT2D eigenvalue weighted by Crippen LogP contribution is 2.65. The molecular formula is C19H31NO. The molecule has 1 N–H and O–H groups in total. The fourth-order valence-electron chi connectivity index (χ4n) is 6.96. The van der Waals surface area contributed by atoms with Gasteiger partial charge in [-0.15, -0.1) is 0 Å². The van der Waals surface area contributed by atoms with Crippen LogP contribution in [-0.2, 0) is 4.79 Å². The molecule has 0 aromatic carbocycles. The summed E-state index contributed by atoms with van der Waals surface area (Å²) in [7, 11) is 0. The molecule has 1 heterocycles. The normalized spacial score (nSPS) is 56.1. The summed E-state index contributed by atoms with van der Waals surface area (Å²) >= 11 is 0. The van der Waals surface area contributed by atoms with Gasteiger partial charge in [0.25, 0.3) is 0 Å². The topological polar surface area (TPSA) is 29.1 Å². The van der Waals surface area contributed by atoms with Crippen molar-refractivity contribution in [2.75, 3.05) is 0 Å². The summed E-state index contributed by atoms with van der Waals surface area (Å²) in [4.78, 5) is 11.8. The lowest BCUT2D eigenvalue weighted by Gasteiger charge is -2.60. The third-order valence-electron chi connectivity index (χ3n) is 8.57. The Bertz CT molecular complexity index is 460. The lowest BCUT2D eigenvalue weighted by Crippen LogP contribution is -2.60. The van der Waals surface area contributed by atoms with E-state index < -0.39 is 0 Å². The maximum atomic E-state index is 11.8. The molecule has 1 amide bonds. The minimum Gasteiger partial charge on any atom is -0.353 e. The van der Waals surface area contributed by atoms with Crippen LogP contribution in [0.25, 0.3) is 0 Å². The van der Waals surface area contributed by atoms with Crippen LogP contribution in [0, 0.1) is 34.5 Å². The molecule has 2 nitrogen and oxygen atoms in total. The maximum Gasteiger partial charge on any atom is 0.220 e. The fourth-order valence-corrected chi connectivity index (χ4v) is 6.96. The van der Waals surface area contributed by atoms with Gasteiger partial charge in [0.1, 0.15) is 0 Å². The first-order valence-electron chi connectivity index (χ1n) is 9.24. The van der Waals surface area contributed by atoms with Crippen LogP contribution in [0.4, 0.5) is 0 Å². The first-order valence-corrected chi connectivity index (χ1v) is 9.24. The number of piperidine rings is 1. The van der Waals surface area contributed by atoms with Gasteiger partial charge in [0, 0.05) is 12.5 Å². The predicted octanol–water partition coefficient (Wildman–Crippen LogP) is 4.14. The molecule has 21 heavy (non-hydrogen) atoms. The second-order valence-electron chi connectivity index (χ2n) is 9.10. The quantitative estimate of drug-likeness (QED) is 0.713. The molecule has 4 rings (SSSR count). The summed E-state index contributed by atoms with van der Waals surface area (Å²) in [5.74, 6) is 3.97. The van der Waals surface area contributed by atoms with Gasteiger partial charge in [-0.2, -0.15) is 0 Å². The Morgan fingerprint density at radius 1 is 0.952 bits per heavy atom. The monoisotopic (exact) mass is 289 g/mol. The average Bonchev–Trinajstić information content (AvgIpc) is 2.76. The van der Waals surface area contributed by atoms with Crippen molar-refractivity contribution in [3.8, 4) is 0 Å². The van der Waals surface area contributed by atoms with Crippen LogP contribution in [0.3, 0.4) is 0 Å². The second-order valence-corrected chi connectivity index (χ2v) is 9.10.